The van der Waals surface area contributed by atoms with Crippen LogP contribution in [0.5, 0.6) is 0 Å². The second-order valence-electron chi connectivity index (χ2n) is 8.31. The highest BCUT2D eigenvalue weighted by molar-refractivity contribution is 5.86. The van der Waals surface area contributed by atoms with Gasteiger partial charge in [-0.2, -0.15) is 0 Å². The third kappa shape index (κ3) is 4.72. The van der Waals surface area contributed by atoms with Crippen LogP contribution in [0.15, 0.2) is 48.5 Å². The van der Waals surface area contributed by atoms with E-state index in [1.165, 1.54) is 53.4 Å². The first-order chi connectivity index (χ1) is 14.2. The third-order valence-electron chi connectivity index (χ3n) is 6.13. The maximum Gasteiger partial charge on any atom is 0.309 e. The van der Waals surface area contributed by atoms with Gasteiger partial charge < -0.3 is 9.72 Å². The van der Waals surface area contributed by atoms with Gasteiger partial charge in [0.25, 0.3) is 0 Å². The summed E-state index contributed by atoms with van der Waals surface area (Å²) in [6.45, 7) is 2.61. The predicted octanol–water partition coefficient (Wildman–Crippen LogP) is 6.14. The molecule has 0 spiro atoms. The van der Waals surface area contributed by atoms with Crippen LogP contribution in [0.1, 0.15) is 61.4 Å². The maximum absolute atomic E-state index is 12.7. The van der Waals surface area contributed by atoms with Crippen molar-refractivity contribution in [2.24, 2.45) is 5.92 Å². The van der Waals surface area contributed by atoms with Crippen LogP contribution in [0, 0.1) is 5.92 Å². The van der Waals surface area contributed by atoms with Gasteiger partial charge in [0.2, 0.25) is 0 Å². The Kier molecular flexibility index (Phi) is 6.33. The number of hydrogen-bond donors (Lipinski definition) is 1. The van der Waals surface area contributed by atoms with Crippen molar-refractivity contribution in [2.45, 2.75) is 64.9 Å². The SMILES string of the molecule is CCCCCCc1ccc2[nH]c3c(c2c1)CC(C(=O)OCc1ccccc1)CC3. The summed E-state index contributed by atoms with van der Waals surface area (Å²) in [5.74, 6) is -0.108. The Labute approximate surface area is 173 Å². The van der Waals surface area contributed by atoms with E-state index in [9.17, 15) is 4.79 Å². The van der Waals surface area contributed by atoms with Gasteiger partial charge in [0.05, 0.1) is 5.92 Å². The zero-order valence-electron chi connectivity index (χ0n) is 17.4. The molecule has 1 heterocycles. The van der Waals surface area contributed by atoms with Crippen molar-refractivity contribution in [3.05, 3.63) is 70.9 Å². The molecule has 0 bridgehead atoms. The first kappa shape index (κ1) is 19.8. The number of fused-ring (bicyclic) bond motifs is 3. The number of rotatable bonds is 8. The van der Waals surface area contributed by atoms with Gasteiger partial charge in [-0.15, -0.1) is 0 Å². The molecule has 1 aliphatic rings. The van der Waals surface area contributed by atoms with Gasteiger partial charge in [0.1, 0.15) is 6.61 Å². The summed E-state index contributed by atoms with van der Waals surface area (Å²) >= 11 is 0. The van der Waals surface area contributed by atoms with E-state index in [2.05, 4.69) is 30.1 Å². The molecule has 0 aliphatic heterocycles. The van der Waals surface area contributed by atoms with E-state index in [1.807, 2.05) is 30.3 Å². The van der Waals surface area contributed by atoms with E-state index in [4.69, 9.17) is 4.74 Å². The van der Waals surface area contributed by atoms with Gasteiger partial charge in [-0.3, -0.25) is 4.79 Å². The van der Waals surface area contributed by atoms with Crippen LogP contribution < -0.4 is 0 Å². The van der Waals surface area contributed by atoms with E-state index in [1.54, 1.807) is 0 Å². The van der Waals surface area contributed by atoms with Gasteiger partial charge in [-0.1, -0.05) is 62.6 Å². The summed E-state index contributed by atoms with van der Waals surface area (Å²) in [6, 6.07) is 16.7. The Morgan fingerprint density at radius 3 is 2.76 bits per heavy atom. The fourth-order valence-electron chi connectivity index (χ4n) is 4.42. The fourth-order valence-corrected chi connectivity index (χ4v) is 4.42. The van der Waals surface area contributed by atoms with Crippen LogP contribution in [0.25, 0.3) is 10.9 Å². The zero-order valence-corrected chi connectivity index (χ0v) is 17.4. The lowest BCUT2D eigenvalue weighted by Gasteiger charge is -2.21. The van der Waals surface area contributed by atoms with Crippen molar-refractivity contribution < 1.29 is 9.53 Å². The van der Waals surface area contributed by atoms with Crippen LogP contribution in [0.2, 0.25) is 0 Å². The Hall–Kier alpha value is -2.55. The molecule has 0 saturated carbocycles. The largest absolute Gasteiger partial charge is 0.461 e. The summed E-state index contributed by atoms with van der Waals surface area (Å²) in [5.41, 5.74) is 6.27. The molecule has 0 amide bonds. The first-order valence-electron chi connectivity index (χ1n) is 11.1. The van der Waals surface area contributed by atoms with Gasteiger partial charge in [-0.25, -0.2) is 0 Å². The molecule has 0 saturated heterocycles. The number of ether oxygens (including phenoxy) is 1. The average Bonchev–Trinajstić information content (AvgIpc) is 3.13. The summed E-state index contributed by atoms with van der Waals surface area (Å²) in [6.07, 6.45) is 8.83. The standard InChI is InChI=1S/C26H31NO2/c1-2-3-4-6-9-19-12-14-24-22(16-19)23-17-21(13-15-25(23)27-24)26(28)29-18-20-10-7-5-8-11-20/h5,7-8,10-12,14,16,21,27H,2-4,6,9,13,15,17-18H2,1H3. The minimum Gasteiger partial charge on any atom is -0.461 e. The van der Waals surface area contributed by atoms with E-state index in [0.717, 1.165) is 31.2 Å². The van der Waals surface area contributed by atoms with E-state index < -0.39 is 0 Å². The molecule has 3 heteroatoms. The predicted molar refractivity (Wildman–Crippen MR) is 118 cm³/mol. The normalized spacial score (nSPS) is 16.0. The number of H-pyrrole nitrogens is 1. The van der Waals surface area contributed by atoms with Crippen molar-refractivity contribution in [1.29, 1.82) is 0 Å². The van der Waals surface area contributed by atoms with Crippen LogP contribution in [-0.2, 0) is 35.4 Å². The van der Waals surface area contributed by atoms with Gasteiger partial charge in [-0.05, 0) is 60.9 Å². The smallest absolute Gasteiger partial charge is 0.309 e. The molecule has 1 aliphatic carbocycles. The van der Waals surface area contributed by atoms with Crippen molar-refractivity contribution in [3.8, 4) is 0 Å². The van der Waals surface area contributed by atoms with E-state index in [0.29, 0.717) is 6.61 Å². The molecule has 4 rings (SSSR count). The van der Waals surface area contributed by atoms with E-state index >= 15 is 0 Å². The number of nitrogens with one attached hydrogen (secondary N) is 1. The topological polar surface area (TPSA) is 42.1 Å². The van der Waals surface area contributed by atoms with Crippen molar-refractivity contribution in [1.82, 2.24) is 4.98 Å². The molecule has 1 atom stereocenters. The Morgan fingerprint density at radius 2 is 1.93 bits per heavy atom. The number of esters is 1. The number of aromatic amines is 1. The second kappa shape index (κ2) is 9.30. The van der Waals surface area contributed by atoms with Crippen LogP contribution in [0.3, 0.4) is 0 Å². The lowest BCUT2D eigenvalue weighted by molar-refractivity contribution is -0.150. The van der Waals surface area contributed by atoms with Gasteiger partial charge >= 0.3 is 5.97 Å². The van der Waals surface area contributed by atoms with Gasteiger partial charge in [0.15, 0.2) is 0 Å². The number of carbonyl (C=O) groups excluding carboxylic acids is 1. The lowest BCUT2D eigenvalue weighted by Crippen LogP contribution is -2.24. The van der Waals surface area contributed by atoms with Crippen molar-refractivity contribution in [3.63, 3.8) is 0 Å². The monoisotopic (exact) mass is 389 g/mol. The number of carbonyl (C=O) groups is 1. The summed E-state index contributed by atoms with van der Waals surface area (Å²) in [4.78, 5) is 16.3. The summed E-state index contributed by atoms with van der Waals surface area (Å²) in [5, 5.41) is 1.30. The third-order valence-corrected chi connectivity index (χ3v) is 6.13. The molecule has 0 radical (unpaired) electrons. The fraction of sp³-hybridized carbons (Fsp3) is 0.423. The minimum absolute atomic E-state index is 0.0431. The zero-order chi connectivity index (χ0) is 20.1. The molecule has 1 N–H and O–H groups in total. The maximum atomic E-state index is 12.7. The van der Waals surface area contributed by atoms with Crippen molar-refractivity contribution >= 4 is 16.9 Å². The highest BCUT2D eigenvalue weighted by Crippen LogP contribution is 2.33. The number of aryl methyl sites for hydroxylation is 2. The Morgan fingerprint density at radius 1 is 1.07 bits per heavy atom. The molecular formula is C26H31NO2. The quantitative estimate of drug-likeness (QED) is 0.371. The summed E-state index contributed by atoms with van der Waals surface area (Å²) < 4.78 is 5.62. The molecular weight excluding hydrogens is 358 g/mol. The number of aromatic nitrogens is 1. The van der Waals surface area contributed by atoms with Crippen LogP contribution >= 0.6 is 0 Å². The van der Waals surface area contributed by atoms with Crippen LogP contribution in [0.4, 0.5) is 0 Å². The highest BCUT2D eigenvalue weighted by atomic mass is 16.5. The molecule has 3 aromatic rings. The number of unbranched alkanes of at least 4 members (excludes halogenated alkanes) is 3. The average molecular weight is 390 g/mol. The Bertz CT molecular complexity index is 958. The number of hydrogen-bond acceptors (Lipinski definition) is 2. The molecule has 1 aromatic heterocycles. The lowest BCUT2D eigenvalue weighted by atomic mass is 9.86. The van der Waals surface area contributed by atoms with Crippen LogP contribution in [-0.4, -0.2) is 11.0 Å². The number of benzene rings is 2. The molecule has 29 heavy (non-hydrogen) atoms. The van der Waals surface area contributed by atoms with E-state index in [-0.39, 0.29) is 11.9 Å². The molecule has 2 aromatic carbocycles. The van der Waals surface area contributed by atoms with Gasteiger partial charge in [0, 0.05) is 16.6 Å². The molecule has 1 unspecified atom stereocenters. The highest BCUT2D eigenvalue weighted by Gasteiger charge is 2.28. The molecule has 152 valence electrons. The molecule has 3 nitrogen and oxygen atoms in total. The first-order valence-corrected chi connectivity index (χ1v) is 11.1. The Balaban J connectivity index is 1.43. The second-order valence-corrected chi connectivity index (χ2v) is 8.31. The summed E-state index contributed by atoms with van der Waals surface area (Å²) in [7, 11) is 0. The molecule has 0 fully saturated rings. The minimum atomic E-state index is -0.0652. The van der Waals surface area contributed by atoms with Crippen molar-refractivity contribution in [2.75, 3.05) is 0 Å².